The Hall–Kier alpha value is -0.160. The predicted octanol–water partition coefficient (Wildman–Crippen LogP) is 14.1. The molecule has 0 amide bonds. The van der Waals surface area contributed by atoms with Crippen molar-refractivity contribution in [2.24, 2.45) is 76.9 Å². The van der Waals surface area contributed by atoms with Crippen LogP contribution in [0.1, 0.15) is 244 Å². The zero-order valence-corrected chi connectivity index (χ0v) is 41.5. The number of hydrogen-bond acceptors (Lipinski definition) is 4. The number of nitrogens with one attached hydrogen (secondary N) is 2. The maximum absolute atomic E-state index is 4.56. The van der Waals surface area contributed by atoms with E-state index in [-0.39, 0.29) is 0 Å². The van der Waals surface area contributed by atoms with Crippen molar-refractivity contribution in [2.45, 2.75) is 298 Å². The van der Waals surface area contributed by atoms with E-state index in [1.165, 1.54) is 135 Å². The third-order valence-corrected chi connectivity index (χ3v) is 24.9. The largest absolute Gasteiger partial charge is 0.299 e. The van der Waals surface area contributed by atoms with E-state index >= 15 is 0 Å². The van der Waals surface area contributed by atoms with Crippen molar-refractivity contribution in [3.8, 4) is 0 Å². The summed E-state index contributed by atoms with van der Waals surface area (Å²) >= 11 is 0. The minimum absolute atomic E-state index is 0.593. The lowest BCUT2D eigenvalue weighted by molar-refractivity contribution is -0.0549. The molecule has 3 heterocycles. The average molecular weight is 877 g/mol. The second-order valence-corrected chi connectivity index (χ2v) is 27.2. The molecule has 13 rings (SSSR count). The second kappa shape index (κ2) is 19.2. The SMILES string of the molecule is C1CCC(C2NC(C3CCC(N4C5CCCCC5C5CC(C6CCC(C7CCC8C(C7)C7CCCCC7N8C7CCCCC7)CC6)CCC54)C4CCCCC34)NC3CCCCC32)CC1. The van der Waals surface area contributed by atoms with Crippen LogP contribution >= 0.6 is 0 Å². The monoisotopic (exact) mass is 877 g/mol. The second-order valence-electron chi connectivity index (χ2n) is 27.2. The standard InChI is InChI=1S/C60H100N4/c1-3-15-41(16-4-1)59-50-23-9-12-24-53(50)61-60(62-59)49-33-36-56(46-20-8-7-19-45(46)49)64-55-26-14-11-22-48(55)52-38-43(32-35-58(52)64)40-29-27-39(28-30-40)42-31-34-57-51(37-42)47-21-10-13-25-54(47)63(57)44-17-5-2-6-18-44/h39-62H,1-38H2. The van der Waals surface area contributed by atoms with E-state index in [1.807, 2.05) is 0 Å². The van der Waals surface area contributed by atoms with E-state index in [0.29, 0.717) is 6.17 Å². The Morgan fingerprint density at radius 2 is 0.688 bits per heavy atom. The molecule has 18 unspecified atom stereocenters. The molecule has 10 saturated carbocycles. The molecule has 360 valence electrons. The normalized spacial score (nSPS) is 52.1. The number of hydrogen-bond donors (Lipinski definition) is 2. The minimum atomic E-state index is 0.593. The van der Waals surface area contributed by atoms with Gasteiger partial charge in [-0.2, -0.15) is 0 Å². The van der Waals surface area contributed by atoms with Gasteiger partial charge in [0.2, 0.25) is 0 Å². The summed E-state index contributed by atoms with van der Waals surface area (Å²) in [5, 5.41) is 9.03. The van der Waals surface area contributed by atoms with Gasteiger partial charge in [-0.15, -0.1) is 0 Å². The molecule has 3 saturated heterocycles. The van der Waals surface area contributed by atoms with Crippen molar-refractivity contribution in [1.82, 2.24) is 20.4 Å². The first-order valence-electron chi connectivity index (χ1n) is 30.8. The topological polar surface area (TPSA) is 30.5 Å². The Labute approximate surface area is 394 Å². The zero-order chi connectivity index (χ0) is 42.1. The zero-order valence-electron chi connectivity index (χ0n) is 41.5. The Morgan fingerprint density at radius 3 is 1.33 bits per heavy atom. The van der Waals surface area contributed by atoms with E-state index in [0.717, 1.165) is 125 Å². The summed E-state index contributed by atoms with van der Waals surface area (Å²) in [6.45, 7) is 0. The van der Waals surface area contributed by atoms with Crippen molar-refractivity contribution < 1.29 is 0 Å². The van der Waals surface area contributed by atoms with Crippen molar-refractivity contribution in [3.05, 3.63) is 0 Å². The molecule has 13 fully saturated rings. The van der Waals surface area contributed by atoms with Gasteiger partial charge < -0.3 is 0 Å². The summed E-state index contributed by atoms with van der Waals surface area (Å²) in [5.74, 6) is 13.1. The molecule has 0 aromatic rings. The van der Waals surface area contributed by atoms with Gasteiger partial charge in [0.25, 0.3) is 0 Å². The molecule has 0 radical (unpaired) electrons. The van der Waals surface area contributed by atoms with Crippen LogP contribution in [0.2, 0.25) is 0 Å². The highest BCUT2D eigenvalue weighted by atomic mass is 15.3. The lowest BCUT2D eigenvalue weighted by Crippen LogP contribution is -2.69. The third kappa shape index (κ3) is 8.03. The minimum Gasteiger partial charge on any atom is -0.299 e. The molecule has 13 aliphatic rings. The van der Waals surface area contributed by atoms with E-state index in [4.69, 9.17) is 0 Å². The smallest absolute Gasteiger partial charge is 0.0608 e. The van der Waals surface area contributed by atoms with Gasteiger partial charge in [0.1, 0.15) is 0 Å². The van der Waals surface area contributed by atoms with Crippen LogP contribution in [0.4, 0.5) is 0 Å². The quantitative estimate of drug-likeness (QED) is 0.278. The lowest BCUT2D eigenvalue weighted by atomic mass is 9.60. The highest BCUT2D eigenvalue weighted by Crippen LogP contribution is 2.59. The first kappa shape index (κ1) is 43.8. The van der Waals surface area contributed by atoms with Crippen LogP contribution in [-0.4, -0.2) is 64.3 Å². The Balaban J connectivity index is 0.659. The molecule has 18 atom stereocenters. The van der Waals surface area contributed by atoms with Gasteiger partial charge in [-0.25, -0.2) is 0 Å². The molecule has 0 bridgehead atoms. The van der Waals surface area contributed by atoms with Crippen LogP contribution in [0.5, 0.6) is 0 Å². The number of likely N-dealkylation sites (tertiary alicyclic amines) is 2. The molecular weight excluding hydrogens is 777 g/mol. The van der Waals surface area contributed by atoms with E-state index in [9.17, 15) is 0 Å². The highest BCUT2D eigenvalue weighted by molar-refractivity contribution is 5.12. The Bertz CT molecular complexity index is 1530. The van der Waals surface area contributed by atoms with Crippen LogP contribution in [0.25, 0.3) is 0 Å². The average Bonchev–Trinajstić information content (AvgIpc) is 3.88. The van der Waals surface area contributed by atoms with Gasteiger partial charge in [-0.1, -0.05) is 89.9 Å². The molecular formula is C60H100N4. The Morgan fingerprint density at radius 1 is 0.250 bits per heavy atom. The summed E-state index contributed by atoms with van der Waals surface area (Å²) < 4.78 is 0. The molecule has 10 aliphatic carbocycles. The maximum Gasteiger partial charge on any atom is 0.0608 e. The first-order valence-corrected chi connectivity index (χ1v) is 30.8. The van der Waals surface area contributed by atoms with E-state index in [2.05, 4.69) is 20.4 Å². The molecule has 0 spiro atoms. The highest BCUT2D eigenvalue weighted by Gasteiger charge is 2.58. The molecule has 4 nitrogen and oxygen atoms in total. The van der Waals surface area contributed by atoms with Gasteiger partial charge >= 0.3 is 0 Å². The number of rotatable bonds is 6. The number of nitrogens with zero attached hydrogens (tertiary/aromatic N) is 2. The van der Waals surface area contributed by atoms with Crippen molar-refractivity contribution >= 4 is 0 Å². The van der Waals surface area contributed by atoms with Gasteiger partial charge in [0.05, 0.1) is 6.17 Å². The maximum atomic E-state index is 4.56. The number of fused-ring (bicyclic) bond motifs is 8. The molecule has 2 N–H and O–H groups in total. The van der Waals surface area contributed by atoms with Gasteiger partial charge in [0.15, 0.2) is 0 Å². The van der Waals surface area contributed by atoms with Gasteiger partial charge in [-0.3, -0.25) is 20.4 Å². The summed E-state index contributed by atoms with van der Waals surface area (Å²) in [6.07, 6.45) is 59.2. The predicted molar refractivity (Wildman–Crippen MR) is 265 cm³/mol. The lowest BCUT2D eigenvalue weighted by Gasteiger charge is -2.57. The molecule has 4 heteroatoms. The van der Waals surface area contributed by atoms with Gasteiger partial charge in [0, 0.05) is 48.3 Å². The fraction of sp³-hybridized carbons (Fsp3) is 1.00. The molecule has 64 heavy (non-hydrogen) atoms. The van der Waals surface area contributed by atoms with Gasteiger partial charge in [-0.05, 0) is 231 Å². The molecule has 0 aromatic heterocycles. The van der Waals surface area contributed by atoms with Crippen LogP contribution in [0.15, 0.2) is 0 Å². The first-order chi connectivity index (χ1) is 31.7. The van der Waals surface area contributed by atoms with Crippen molar-refractivity contribution in [2.75, 3.05) is 0 Å². The summed E-state index contributed by atoms with van der Waals surface area (Å²) in [4.78, 5) is 6.70. The summed E-state index contributed by atoms with van der Waals surface area (Å²) in [6, 6.07) is 7.29. The third-order valence-electron chi connectivity index (χ3n) is 24.9. The van der Waals surface area contributed by atoms with Crippen LogP contribution in [0.3, 0.4) is 0 Å². The van der Waals surface area contributed by atoms with Crippen molar-refractivity contribution in [1.29, 1.82) is 0 Å². The fourth-order valence-corrected chi connectivity index (χ4v) is 22.4. The Kier molecular flexibility index (Phi) is 13.2. The summed E-state index contributed by atoms with van der Waals surface area (Å²) in [7, 11) is 0. The van der Waals surface area contributed by atoms with E-state index in [1.54, 1.807) is 109 Å². The van der Waals surface area contributed by atoms with Crippen LogP contribution in [-0.2, 0) is 0 Å². The molecule has 3 aliphatic heterocycles. The molecule has 0 aromatic carbocycles. The summed E-state index contributed by atoms with van der Waals surface area (Å²) in [5.41, 5.74) is 0. The van der Waals surface area contributed by atoms with Crippen LogP contribution < -0.4 is 10.6 Å². The van der Waals surface area contributed by atoms with Crippen LogP contribution in [0, 0.1) is 76.9 Å². The van der Waals surface area contributed by atoms with E-state index < -0.39 is 0 Å². The van der Waals surface area contributed by atoms with Crippen molar-refractivity contribution in [3.63, 3.8) is 0 Å². The fourth-order valence-electron chi connectivity index (χ4n) is 22.4.